The zero-order chi connectivity index (χ0) is 24.7. The van der Waals surface area contributed by atoms with Crippen LogP contribution in [0.4, 0.5) is 10.2 Å². The van der Waals surface area contributed by atoms with Gasteiger partial charge in [0.25, 0.3) is 5.91 Å². The number of carbonyl (C=O) groups is 1. The van der Waals surface area contributed by atoms with Crippen molar-refractivity contribution >= 4 is 34.3 Å². The molecule has 35 heavy (non-hydrogen) atoms. The van der Waals surface area contributed by atoms with Gasteiger partial charge in [-0.15, -0.1) is 0 Å². The summed E-state index contributed by atoms with van der Waals surface area (Å²) >= 11 is 6.01. The number of halogens is 2. The van der Waals surface area contributed by atoms with E-state index >= 15 is 0 Å². The highest BCUT2D eigenvalue weighted by Gasteiger charge is 2.44. The second-order valence-corrected chi connectivity index (χ2v) is 8.24. The summed E-state index contributed by atoms with van der Waals surface area (Å²) in [4.78, 5) is 32.9. The molecule has 3 heterocycles. The summed E-state index contributed by atoms with van der Waals surface area (Å²) in [6, 6.07) is 11.1. The molecular formula is C26H20ClFN2O5. The number of hydrogen-bond donors (Lipinski definition) is 0. The number of amides is 1. The van der Waals surface area contributed by atoms with Gasteiger partial charge in [0.2, 0.25) is 5.76 Å². The highest BCUT2D eigenvalue weighted by Crippen LogP contribution is 2.43. The van der Waals surface area contributed by atoms with Gasteiger partial charge in [0, 0.05) is 6.20 Å². The summed E-state index contributed by atoms with van der Waals surface area (Å²) in [5.74, 6) is 0.0240. The van der Waals surface area contributed by atoms with Crippen LogP contribution in [0.3, 0.4) is 0 Å². The van der Waals surface area contributed by atoms with Crippen LogP contribution in [0.25, 0.3) is 11.0 Å². The molecule has 1 amide bonds. The average Bonchev–Trinajstić information content (AvgIpc) is 3.14. The van der Waals surface area contributed by atoms with Gasteiger partial charge in [-0.05, 0) is 61.9 Å². The summed E-state index contributed by atoms with van der Waals surface area (Å²) in [6.07, 6.45) is 1.41. The minimum atomic E-state index is -0.898. The molecule has 7 nitrogen and oxygen atoms in total. The molecule has 1 aliphatic rings. The molecule has 1 unspecified atom stereocenters. The van der Waals surface area contributed by atoms with Gasteiger partial charge in [0.05, 0.1) is 35.2 Å². The van der Waals surface area contributed by atoms with E-state index in [1.807, 2.05) is 13.8 Å². The normalized spacial score (nSPS) is 14.9. The van der Waals surface area contributed by atoms with Crippen LogP contribution < -0.4 is 19.8 Å². The minimum Gasteiger partial charge on any atom is -0.490 e. The first-order valence-electron chi connectivity index (χ1n) is 11.0. The Bertz CT molecular complexity index is 1500. The summed E-state index contributed by atoms with van der Waals surface area (Å²) < 4.78 is 31.3. The molecule has 0 spiro atoms. The van der Waals surface area contributed by atoms with E-state index in [-0.39, 0.29) is 28.1 Å². The summed E-state index contributed by atoms with van der Waals surface area (Å²) in [7, 11) is 0. The van der Waals surface area contributed by atoms with Crippen LogP contribution in [-0.2, 0) is 0 Å². The maximum Gasteiger partial charge on any atom is 0.296 e. The highest BCUT2D eigenvalue weighted by atomic mass is 35.5. The van der Waals surface area contributed by atoms with Gasteiger partial charge in [-0.2, -0.15) is 0 Å². The van der Waals surface area contributed by atoms with E-state index in [1.54, 1.807) is 30.3 Å². The largest absolute Gasteiger partial charge is 0.490 e. The highest BCUT2D eigenvalue weighted by molar-refractivity contribution is 6.30. The van der Waals surface area contributed by atoms with Crippen LogP contribution in [0.2, 0.25) is 5.02 Å². The number of nitrogens with zero attached hydrogens (tertiary/aromatic N) is 2. The molecule has 2 aromatic carbocycles. The fourth-order valence-corrected chi connectivity index (χ4v) is 4.36. The van der Waals surface area contributed by atoms with Crippen molar-refractivity contribution in [2.45, 2.75) is 19.9 Å². The third-order valence-corrected chi connectivity index (χ3v) is 5.90. The van der Waals surface area contributed by atoms with Crippen molar-refractivity contribution < 1.29 is 23.1 Å². The smallest absolute Gasteiger partial charge is 0.296 e. The van der Waals surface area contributed by atoms with Crippen molar-refractivity contribution in [3.8, 4) is 11.5 Å². The molecule has 0 aliphatic carbocycles. The lowest BCUT2D eigenvalue weighted by Crippen LogP contribution is -2.30. The van der Waals surface area contributed by atoms with E-state index in [2.05, 4.69) is 4.98 Å². The van der Waals surface area contributed by atoms with E-state index < -0.39 is 23.2 Å². The lowest BCUT2D eigenvalue weighted by Gasteiger charge is -2.25. The lowest BCUT2D eigenvalue weighted by atomic mass is 9.98. The Morgan fingerprint density at radius 1 is 1.03 bits per heavy atom. The summed E-state index contributed by atoms with van der Waals surface area (Å²) in [6.45, 7) is 4.53. The standard InChI is InChI=1S/C26H20ClFN2O5/c1-3-33-19-8-5-14(11-20(19)34-4-2)23-22-24(31)17-12-16(28)7-9-18(17)35-25(22)26(32)30(23)21-10-6-15(27)13-29-21/h5-13,23H,3-4H2,1-2H3. The Hall–Kier alpha value is -3.91. The molecule has 4 aromatic rings. The Kier molecular flexibility index (Phi) is 5.90. The summed E-state index contributed by atoms with van der Waals surface area (Å²) in [5, 5.41) is 0.438. The van der Waals surface area contributed by atoms with Crippen molar-refractivity contribution in [3.05, 3.63) is 92.7 Å². The van der Waals surface area contributed by atoms with Crippen LogP contribution >= 0.6 is 11.6 Å². The number of carbonyl (C=O) groups excluding carboxylic acids is 1. The molecule has 2 aromatic heterocycles. The fourth-order valence-electron chi connectivity index (χ4n) is 4.25. The molecule has 9 heteroatoms. The Labute approximate surface area is 204 Å². The molecule has 0 bridgehead atoms. The number of rotatable bonds is 6. The first kappa shape index (κ1) is 22.9. The topological polar surface area (TPSA) is 81.9 Å². The molecule has 5 rings (SSSR count). The maximum absolute atomic E-state index is 14.0. The van der Waals surface area contributed by atoms with Gasteiger partial charge in [-0.1, -0.05) is 17.7 Å². The number of anilines is 1. The summed E-state index contributed by atoms with van der Waals surface area (Å²) in [5.41, 5.74) is 0.289. The van der Waals surface area contributed by atoms with Gasteiger partial charge in [0.1, 0.15) is 17.2 Å². The first-order valence-corrected chi connectivity index (χ1v) is 11.4. The Balaban J connectivity index is 1.78. The van der Waals surface area contributed by atoms with Gasteiger partial charge in [-0.3, -0.25) is 14.5 Å². The number of ether oxygens (including phenoxy) is 2. The third kappa shape index (κ3) is 3.89. The van der Waals surface area contributed by atoms with Gasteiger partial charge in [-0.25, -0.2) is 9.37 Å². The first-order chi connectivity index (χ1) is 16.9. The zero-order valence-electron chi connectivity index (χ0n) is 18.9. The second kappa shape index (κ2) is 9.03. The number of benzene rings is 2. The predicted octanol–water partition coefficient (Wildman–Crippen LogP) is 5.53. The van der Waals surface area contributed by atoms with E-state index in [0.29, 0.717) is 35.3 Å². The predicted molar refractivity (Wildman–Crippen MR) is 129 cm³/mol. The lowest BCUT2D eigenvalue weighted by molar-refractivity contribution is 0.0970. The monoisotopic (exact) mass is 494 g/mol. The molecule has 1 aliphatic heterocycles. The Morgan fingerprint density at radius 3 is 2.51 bits per heavy atom. The van der Waals surface area contributed by atoms with Crippen molar-refractivity contribution in [1.82, 2.24) is 4.98 Å². The van der Waals surface area contributed by atoms with Crippen LogP contribution in [0.15, 0.2) is 63.9 Å². The molecule has 0 saturated heterocycles. The van der Waals surface area contributed by atoms with E-state index in [1.165, 1.54) is 23.2 Å². The van der Waals surface area contributed by atoms with Crippen molar-refractivity contribution in [3.63, 3.8) is 0 Å². The fraction of sp³-hybridized carbons (Fsp3) is 0.192. The van der Waals surface area contributed by atoms with Crippen molar-refractivity contribution in [2.75, 3.05) is 18.1 Å². The second-order valence-electron chi connectivity index (χ2n) is 7.80. The minimum absolute atomic E-state index is 0.0448. The van der Waals surface area contributed by atoms with Crippen LogP contribution in [-0.4, -0.2) is 24.1 Å². The molecule has 178 valence electrons. The number of hydrogen-bond acceptors (Lipinski definition) is 6. The zero-order valence-corrected chi connectivity index (χ0v) is 19.6. The number of fused-ring (bicyclic) bond motifs is 2. The molecular weight excluding hydrogens is 475 g/mol. The molecule has 0 N–H and O–H groups in total. The molecule has 0 radical (unpaired) electrons. The van der Waals surface area contributed by atoms with E-state index in [9.17, 15) is 14.0 Å². The van der Waals surface area contributed by atoms with E-state index in [0.717, 1.165) is 6.07 Å². The van der Waals surface area contributed by atoms with Gasteiger partial charge < -0.3 is 13.9 Å². The number of aromatic nitrogens is 1. The van der Waals surface area contributed by atoms with Crippen molar-refractivity contribution in [2.24, 2.45) is 0 Å². The average molecular weight is 495 g/mol. The quantitative estimate of drug-likeness (QED) is 0.350. The van der Waals surface area contributed by atoms with Gasteiger partial charge >= 0.3 is 0 Å². The number of pyridine rings is 1. The van der Waals surface area contributed by atoms with Crippen LogP contribution in [0.1, 0.15) is 41.6 Å². The SMILES string of the molecule is CCOc1ccc(C2c3c(oc4ccc(F)cc4c3=O)C(=O)N2c2ccc(Cl)cn2)cc1OCC. The molecule has 0 fully saturated rings. The molecule has 1 atom stereocenters. The Morgan fingerprint density at radius 2 is 1.80 bits per heavy atom. The third-order valence-electron chi connectivity index (χ3n) is 5.67. The maximum atomic E-state index is 14.0. The van der Waals surface area contributed by atoms with Gasteiger partial charge in [0.15, 0.2) is 16.9 Å². The van der Waals surface area contributed by atoms with Crippen LogP contribution in [0.5, 0.6) is 11.5 Å². The van der Waals surface area contributed by atoms with E-state index in [4.69, 9.17) is 25.5 Å². The molecule has 0 saturated carbocycles. The van der Waals surface area contributed by atoms with Crippen LogP contribution in [0, 0.1) is 5.82 Å². The van der Waals surface area contributed by atoms with Crippen molar-refractivity contribution in [1.29, 1.82) is 0 Å².